The molecule has 0 spiro atoms. The molecule has 262 valence electrons. The number of hydrogen-bond donors (Lipinski definition) is 3. The van der Waals surface area contributed by atoms with Crippen LogP contribution >= 0.6 is 0 Å². The van der Waals surface area contributed by atoms with Crippen LogP contribution in [0.1, 0.15) is 93.9 Å². The highest BCUT2D eigenvalue weighted by atomic mass is 16.7. The lowest BCUT2D eigenvalue weighted by Gasteiger charge is -2.38. The van der Waals surface area contributed by atoms with Gasteiger partial charge in [0.1, 0.15) is 11.6 Å². The van der Waals surface area contributed by atoms with Crippen molar-refractivity contribution in [2.24, 2.45) is 0 Å². The van der Waals surface area contributed by atoms with Crippen molar-refractivity contribution in [3.8, 4) is 11.1 Å². The second-order valence-corrected chi connectivity index (χ2v) is 13.9. The third-order valence-corrected chi connectivity index (χ3v) is 8.82. The maximum atomic E-state index is 13.1. The molecule has 0 aromatic heterocycles. The Morgan fingerprint density at radius 2 is 1.65 bits per heavy atom. The summed E-state index contributed by atoms with van der Waals surface area (Å²) < 4.78 is 18.9. The van der Waals surface area contributed by atoms with E-state index in [4.69, 9.17) is 19.3 Å². The summed E-state index contributed by atoms with van der Waals surface area (Å²) >= 11 is 0. The van der Waals surface area contributed by atoms with Gasteiger partial charge in [-0.3, -0.25) is 19.3 Å². The highest BCUT2D eigenvalue weighted by Crippen LogP contribution is 2.39. The van der Waals surface area contributed by atoms with E-state index >= 15 is 0 Å². The van der Waals surface area contributed by atoms with Gasteiger partial charge in [-0.1, -0.05) is 66.7 Å². The van der Waals surface area contributed by atoms with Crippen molar-refractivity contribution >= 4 is 17.8 Å². The zero-order chi connectivity index (χ0) is 35.0. The minimum Gasteiger partial charge on any atom is -0.481 e. The molecule has 4 atom stereocenters. The van der Waals surface area contributed by atoms with Gasteiger partial charge in [0.15, 0.2) is 6.29 Å². The lowest BCUT2D eigenvalue weighted by Crippen LogP contribution is -2.45. The Hall–Kier alpha value is -4.09. The molecule has 2 aliphatic rings. The molecule has 1 amide bonds. The Kier molecular flexibility index (Phi) is 12.2. The minimum atomic E-state index is -0.906. The van der Waals surface area contributed by atoms with Gasteiger partial charge in [0.2, 0.25) is 5.91 Å². The largest absolute Gasteiger partial charge is 0.481 e. The number of aliphatic carboxylic acids is 1. The number of nitrogens with one attached hydrogen (secondary N) is 1. The van der Waals surface area contributed by atoms with Crippen molar-refractivity contribution in [1.82, 2.24) is 10.2 Å². The average molecular weight is 673 g/mol. The van der Waals surface area contributed by atoms with Gasteiger partial charge in [0, 0.05) is 37.9 Å². The van der Waals surface area contributed by atoms with Crippen LogP contribution in [0, 0.1) is 0 Å². The van der Waals surface area contributed by atoms with Crippen molar-refractivity contribution in [3.63, 3.8) is 0 Å². The van der Waals surface area contributed by atoms with Crippen molar-refractivity contribution in [3.05, 3.63) is 95.1 Å². The van der Waals surface area contributed by atoms with Crippen molar-refractivity contribution in [2.45, 2.75) is 103 Å². The molecular weight excluding hydrogens is 624 g/mol. The van der Waals surface area contributed by atoms with Gasteiger partial charge in [0.25, 0.3) is 0 Å². The number of carbonyl (C=O) groups is 3. The summed E-state index contributed by atoms with van der Waals surface area (Å²) in [6.07, 6.45) is 1.70. The quantitative estimate of drug-likeness (QED) is 0.185. The summed E-state index contributed by atoms with van der Waals surface area (Å²) in [6, 6.07) is 23.5. The second kappa shape index (κ2) is 16.5. The van der Waals surface area contributed by atoms with E-state index in [0.717, 1.165) is 52.8 Å². The van der Waals surface area contributed by atoms with Crippen molar-refractivity contribution < 1.29 is 38.8 Å². The van der Waals surface area contributed by atoms with Crippen molar-refractivity contribution in [2.75, 3.05) is 13.1 Å². The Morgan fingerprint density at radius 1 is 0.918 bits per heavy atom. The van der Waals surface area contributed by atoms with E-state index in [0.29, 0.717) is 25.9 Å². The number of carboxylic acids is 1. The Balaban J connectivity index is 1.28. The minimum absolute atomic E-state index is 0.0259. The molecule has 5 rings (SSSR count). The first-order chi connectivity index (χ1) is 23.5. The molecule has 10 heteroatoms. The molecule has 49 heavy (non-hydrogen) atoms. The smallest absolute Gasteiger partial charge is 0.323 e. The lowest BCUT2D eigenvalue weighted by atomic mass is 9.98. The number of carboxylic acid groups (broad SMARTS) is 1. The number of benzene rings is 3. The maximum Gasteiger partial charge on any atom is 0.323 e. The lowest BCUT2D eigenvalue weighted by molar-refractivity contribution is -0.253. The molecule has 3 N–H and O–H groups in total. The predicted octanol–water partition coefficient (Wildman–Crippen LogP) is 6.07. The fraction of sp³-hybridized carbons (Fsp3) is 0.462. The van der Waals surface area contributed by atoms with Gasteiger partial charge in [-0.05, 0) is 80.5 Å². The molecule has 0 unspecified atom stereocenters. The standard InChI is InChI=1S/C39H48N2O8/c1-39(2,3)49-37(46)33-9-6-20-41(33)24-32-22-34(29-14-12-26(25-42)13-15-29)48-38(47-32)30-18-16-28(17-19-30)31-8-4-7-27(21-31)23-40-35(43)10-5-11-36(44)45/h4,7-8,12-19,21,32-34,38,42H,5-6,9-11,20,22-25H2,1-3H3,(H,40,43)(H,44,45)/t32-,33-,34+,38+/m0/s1. The molecule has 3 aromatic rings. The number of likely N-dealkylation sites (tertiary alicyclic amines) is 1. The Morgan fingerprint density at radius 3 is 2.35 bits per heavy atom. The van der Waals surface area contributed by atoms with E-state index in [1.165, 1.54) is 0 Å². The summed E-state index contributed by atoms with van der Waals surface area (Å²) in [5.41, 5.74) is 5.10. The van der Waals surface area contributed by atoms with Crippen LogP contribution in [0.3, 0.4) is 0 Å². The van der Waals surface area contributed by atoms with E-state index in [9.17, 15) is 19.5 Å². The summed E-state index contributed by atoms with van der Waals surface area (Å²) in [7, 11) is 0. The van der Waals surface area contributed by atoms with Crippen LogP contribution in [0.5, 0.6) is 0 Å². The molecule has 2 saturated heterocycles. The Labute approximate surface area is 288 Å². The van der Waals surface area contributed by atoms with E-state index < -0.39 is 17.9 Å². The first-order valence-electron chi connectivity index (χ1n) is 17.1. The van der Waals surface area contributed by atoms with Crippen LogP contribution in [0.4, 0.5) is 0 Å². The fourth-order valence-corrected chi connectivity index (χ4v) is 6.36. The van der Waals surface area contributed by atoms with Gasteiger partial charge in [0.05, 0.1) is 18.8 Å². The number of nitrogens with zero attached hydrogens (tertiary/aromatic N) is 1. The number of aliphatic hydroxyl groups is 1. The number of ether oxygens (including phenoxy) is 3. The summed E-state index contributed by atoms with van der Waals surface area (Å²) in [5.74, 6) is -1.27. The number of rotatable bonds is 13. The fourth-order valence-electron chi connectivity index (χ4n) is 6.36. The van der Waals surface area contributed by atoms with Crippen LogP contribution in [0.15, 0.2) is 72.8 Å². The number of esters is 1. The zero-order valence-electron chi connectivity index (χ0n) is 28.6. The van der Waals surface area contributed by atoms with Gasteiger partial charge in [-0.2, -0.15) is 0 Å². The normalized spacial score (nSPS) is 21.3. The van der Waals surface area contributed by atoms with Gasteiger partial charge in [-0.15, -0.1) is 0 Å². The van der Waals surface area contributed by atoms with Crippen LogP contribution in [0.25, 0.3) is 11.1 Å². The molecule has 2 fully saturated rings. The van der Waals surface area contributed by atoms with Crippen LogP contribution in [0.2, 0.25) is 0 Å². The van der Waals surface area contributed by atoms with Crippen LogP contribution in [-0.2, 0) is 41.7 Å². The molecule has 0 bridgehead atoms. The summed E-state index contributed by atoms with van der Waals surface area (Å²) in [4.78, 5) is 38.1. The molecule has 10 nitrogen and oxygen atoms in total. The first kappa shape index (κ1) is 36.2. The SMILES string of the molecule is CC(C)(C)OC(=O)[C@@H]1CCCN1C[C@@H]1C[C@H](c2ccc(CO)cc2)O[C@H](c2ccc(-c3cccc(CNC(=O)CCCC(=O)O)c3)cc2)O1. The molecule has 2 heterocycles. The predicted molar refractivity (Wildman–Crippen MR) is 184 cm³/mol. The highest BCUT2D eigenvalue weighted by molar-refractivity contribution is 5.77. The molecule has 0 radical (unpaired) electrons. The number of aliphatic hydroxyl groups excluding tert-OH is 1. The third kappa shape index (κ3) is 10.4. The Bertz CT molecular complexity index is 1570. The molecule has 2 aliphatic heterocycles. The van der Waals surface area contributed by atoms with E-state index in [1.54, 1.807) is 0 Å². The topological polar surface area (TPSA) is 135 Å². The average Bonchev–Trinajstić information content (AvgIpc) is 3.55. The van der Waals surface area contributed by atoms with Crippen LogP contribution < -0.4 is 5.32 Å². The van der Waals surface area contributed by atoms with E-state index in [1.807, 2.05) is 93.6 Å². The molecular formula is C39H48N2O8. The van der Waals surface area contributed by atoms with Gasteiger partial charge < -0.3 is 29.7 Å². The molecule has 0 saturated carbocycles. The number of amides is 1. The monoisotopic (exact) mass is 672 g/mol. The number of hydrogen-bond acceptors (Lipinski definition) is 8. The molecule has 0 aliphatic carbocycles. The maximum absolute atomic E-state index is 13.1. The van der Waals surface area contributed by atoms with Gasteiger partial charge >= 0.3 is 11.9 Å². The summed E-state index contributed by atoms with van der Waals surface area (Å²) in [6.45, 7) is 7.37. The summed E-state index contributed by atoms with van der Waals surface area (Å²) in [5, 5.41) is 21.2. The first-order valence-corrected chi connectivity index (χ1v) is 17.1. The van der Waals surface area contributed by atoms with Crippen molar-refractivity contribution in [1.29, 1.82) is 0 Å². The van der Waals surface area contributed by atoms with E-state index in [2.05, 4.69) is 10.2 Å². The third-order valence-electron chi connectivity index (χ3n) is 8.82. The van der Waals surface area contributed by atoms with E-state index in [-0.39, 0.29) is 49.6 Å². The molecule has 3 aromatic carbocycles. The highest BCUT2D eigenvalue weighted by Gasteiger charge is 2.39. The zero-order valence-corrected chi connectivity index (χ0v) is 28.6. The van der Waals surface area contributed by atoms with Crippen LogP contribution in [-0.4, -0.2) is 63.8 Å². The van der Waals surface area contributed by atoms with Gasteiger partial charge in [-0.25, -0.2) is 0 Å². The second-order valence-electron chi connectivity index (χ2n) is 13.9. The number of carbonyl (C=O) groups excluding carboxylic acids is 2.